The maximum atomic E-state index is 13.6. The Morgan fingerprint density at radius 3 is 2.64 bits per heavy atom. The van der Waals surface area contributed by atoms with Gasteiger partial charge in [0, 0.05) is 15.7 Å². The summed E-state index contributed by atoms with van der Waals surface area (Å²) in [5, 5.41) is 1.33. The summed E-state index contributed by atoms with van der Waals surface area (Å²) in [7, 11) is 0. The zero-order chi connectivity index (χ0) is 19.1. The number of hydrogen-bond donors (Lipinski definition) is 0. The van der Waals surface area contributed by atoms with Gasteiger partial charge in [0.15, 0.2) is 0 Å². The van der Waals surface area contributed by atoms with E-state index in [2.05, 4.69) is 0 Å². The number of aryl methyl sites for hydroxylation is 1. The molecule has 1 aliphatic rings. The summed E-state index contributed by atoms with van der Waals surface area (Å²) in [5.74, 6) is 2.60. The number of thioether (sulfide) groups is 1. The van der Waals surface area contributed by atoms with Gasteiger partial charge in [0.2, 0.25) is 0 Å². The molecule has 7 heteroatoms. The summed E-state index contributed by atoms with van der Waals surface area (Å²) in [6.07, 6.45) is 0.899. The summed E-state index contributed by atoms with van der Waals surface area (Å²) in [5.41, 5.74) is 1.73. The maximum absolute atomic E-state index is 13.6. The first kappa shape index (κ1) is 17.8. The third-order valence-corrected chi connectivity index (χ3v) is 7.19. The van der Waals surface area contributed by atoms with E-state index >= 15 is 0 Å². The molecule has 0 saturated heterocycles. The largest absolute Gasteiger partial charge is 0.425 e. The van der Waals surface area contributed by atoms with Crippen molar-refractivity contribution in [3.05, 3.63) is 80.4 Å². The first-order valence-electron chi connectivity index (χ1n) is 8.84. The molecule has 4 aromatic rings. The molecule has 1 aliphatic heterocycles. The number of rotatable bonds is 3. The lowest BCUT2D eigenvalue weighted by molar-refractivity contribution is 0.427. The molecule has 2 aromatic carbocycles. The number of hydrogen-bond acceptors (Lipinski definition) is 5. The van der Waals surface area contributed by atoms with E-state index in [-0.39, 0.29) is 11.6 Å². The second-order valence-corrected chi connectivity index (χ2v) is 9.04. The number of aromatic nitrogens is 2. The standard InChI is InChI=1S/C21H15ClN2O2S2/c22-13-6-8-14(9-7-13)24-20(25)18-16-10-11-27-12-17(16)28-19(18)23-21(24)26-15-4-2-1-3-5-15/h1-9H,10-12H2. The molecule has 0 atom stereocenters. The van der Waals surface area contributed by atoms with E-state index in [0.29, 0.717) is 16.5 Å². The minimum atomic E-state index is -0.0948. The van der Waals surface area contributed by atoms with Crippen molar-refractivity contribution in [1.29, 1.82) is 0 Å². The van der Waals surface area contributed by atoms with E-state index in [1.165, 1.54) is 4.88 Å². The fourth-order valence-electron chi connectivity index (χ4n) is 3.33. The predicted molar refractivity (Wildman–Crippen MR) is 117 cm³/mol. The van der Waals surface area contributed by atoms with Crippen molar-refractivity contribution in [2.75, 3.05) is 5.75 Å². The van der Waals surface area contributed by atoms with Crippen LogP contribution in [0.3, 0.4) is 0 Å². The molecule has 3 heterocycles. The lowest BCUT2D eigenvalue weighted by Crippen LogP contribution is -2.22. The minimum Gasteiger partial charge on any atom is -0.425 e. The van der Waals surface area contributed by atoms with Gasteiger partial charge in [-0.25, -0.2) is 4.57 Å². The highest BCUT2D eigenvalue weighted by Crippen LogP contribution is 2.37. The molecule has 28 heavy (non-hydrogen) atoms. The highest BCUT2D eigenvalue weighted by Gasteiger charge is 2.23. The van der Waals surface area contributed by atoms with Crippen LogP contribution in [0.5, 0.6) is 11.8 Å². The van der Waals surface area contributed by atoms with Crippen molar-refractivity contribution in [1.82, 2.24) is 9.55 Å². The Morgan fingerprint density at radius 2 is 1.86 bits per heavy atom. The van der Waals surface area contributed by atoms with Crippen LogP contribution < -0.4 is 10.3 Å². The first-order valence-corrected chi connectivity index (χ1v) is 11.2. The third-order valence-electron chi connectivity index (χ3n) is 4.64. The lowest BCUT2D eigenvalue weighted by Gasteiger charge is -2.14. The second kappa shape index (κ2) is 7.28. The molecule has 0 aliphatic carbocycles. The lowest BCUT2D eigenvalue weighted by atomic mass is 10.1. The molecule has 4 nitrogen and oxygen atoms in total. The van der Waals surface area contributed by atoms with Crippen LogP contribution in [-0.4, -0.2) is 15.3 Å². The molecular formula is C21H15ClN2O2S2. The van der Waals surface area contributed by atoms with Gasteiger partial charge in [-0.2, -0.15) is 16.7 Å². The Labute approximate surface area is 174 Å². The molecule has 0 spiro atoms. The van der Waals surface area contributed by atoms with E-state index < -0.39 is 0 Å². The topological polar surface area (TPSA) is 44.1 Å². The Hall–Kier alpha value is -2.28. The summed E-state index contributed by atoms with van der Waals surface area (Å²) in [6, 6.07) is 16.8. The number of benzene rings is 2. The maximum Gasteiger partial charge on any atom is 0.310 e. The Morgan fingerprint density at radius 1 is 1.07 bits per heavy atom. The quantitative estimate of drug-likeness (QED) is 0.422. The number of ether oxygens (including phenoxy) is 1. The van der Waals surface area contributed by atoms with Crippen molar-refractivity contribution in [3.8, 4) is 17.4 Å². The molecular weight excluding hydrogens is 412 g/mol. The minimum absolute atomic E-state index is 0.0948. The summed E-state index contributed by atoms with van der Waals surface area (Å²) >= 11 is 9.54. The monoisotopic (exact) mass is 426 g/mol. The molecule has 2 aromatic heterocycles. The van der Waals surface area contributed by atoms with Crippen molar-refractivity contribution in [2.45, 2.75) is 12.2 Å². The van der Waals surface area contributed by atoms with Crippen molar-refractivity contribution >= 4 is 44.9 Å². The van der Waals surface area contributed by atoms with Crippen molar-refractivity contribution in [3.63, 3.8) is 0 Å². The Kier molecular flexibility index (Phi) is 4.62. The second-order valence-electron chi connectivity index (χ2n) is 6.41. The van der Waals surface area contributed by atoms with Crippen LogP contribution in [0.1, 0.15) is 10.4 Å². The average molecular weight is 427 g/mol. The van der Waals surface area contributed by atoms with Gasteiger partial charge in [-0.05, 0) is 54.1 Å². The van der Waals surface area contributed by atoms with E-state index in [1.54, 1.807) is 28.0 Å². The molecule has 0 bridgehead atoms. The normalized spacial score (nSPS) is 13.5. The summed E-state index contributed by atoms with van der Waals surface area (Å²) in [6.45, 7) is 0. The van der Waals surface area contributed by atoms with Crippen LogP contribution in [0.25, 0.3) is 15.9 Å². The molecule has 0 fully saturated rings. The van der Waals surface area contributed by atoms with Gasteiger partial charge in [0.05, 0.1) is 11.1 Å². The zero-order valence-corrected chi connectivity index (χ0v) is 17.1. The number of nitrogens with zero attached hydrogens (tertiary/aromatic N) is 2. The smallest absolute Gasteiger partial charge is 0.310 e. The molecule has 0 amide bonds. The van der Waals surface area contributed by atoms with Gasteiger partial charge in [-0.3, -0.25) is 4.79 Å². The third kappa shape index (κ3) is 3.11. The van der Waals surface area contributed by atoms with Gasteiger partial charge in [0.1, 0.15) is 10.6 Å². The summed E-state index contributed by atoms with van der Waals surface area (Å²) < 4.78 is 7.58. The van der Waals surface area contributed by atoms with Crippen molar-refractivity contribution < 1.29 is 4.74 Å². The van der Waals surface area contributed by atoms with Gasteiger partial charge in [-0.1, -0.05) is 29.8 Å². The Balaban J connectivity index is 1.77. The van der Waals surface area contributed by atoms with E-state index in [1.807, 2.05) is 54.2 Å². The van der Waals surface area contributed by atoms with Crippen LogP contribution >= 0.6 is 34.7 Å². The number of halogens is 1. The molecule has 0 unspecified atom stereocenters. The highest BCUT2D eigenvalue weighted by molar-refractivity contribution is 7.98. The predicted octanol–water partition coefficient (Wildman–Crippen LogP) is 5.68. The molecule has 5 rings (SSSR count). The van der Waals surface area contributed by atoms with Gasteiger partial charge in [-0.15, -0.1) is 11.3 Å². The molecule has 0 saturated carbocycles. The van der Waals surface area contributed by atoms with Gasteiger partial charge in [0.25, 0.3) is 5.56 Å². The fourth-order valence-corrected chi connectivity index (χ4v) is 5.79. The van der Waals surface area contributed by atoms with Crippen LogP contribution in [0, 0.1) is 0 Å². The van der Waals surface area contributed by atoms with Gasteiger partial charge < -0.3 is 4.74 Å². The van der Waals surface area contributed by atoms with E-state index in [9.17, 15) is 4.79 Å². The zero-order valence-electron chi connectivity index (χ0n) is 14.7. The Bertz CT molecular complexity index is 1220. The first-order chi connectivity index (χ1) is 13.7. The van der Waals surface area contributed by atoms with Gasteiger partial charge >= 0.3 is 6.01 Å². The highest BCUT2D eigenvalue weighted by atomic mass is 35.5. The number of thiophene rings is 1. The fraction of sp³-hybridized carbons (Fsp3) is 0.143. The van der Waals surface area contributed by atoms with Crippen LogP contribution in [0.4, 0.5) is 0 Å². The summed E-state index contributed by atoms with van der Waals surface area (Å²) in [4.78, 5) is 20.3. The molecule has 140 valence electrons. The number of fused-ring (bicyclic) bond motifs is 3. The SMILES string of the molecule is O=c1c2c3c(sc2nc(Oc2ccccc2)n1-c1ccc(Cl)cc1)CSCC3. The van der Waals surface area contributed by atoms with Crippen molar-refractivity contribution in [2.24, 2.45) is 0 Å². The van der Waals surface area contributed by atoms with E-state index in [4.69, 9.17) is 21.3 Å². The van der Waals surface area contributed by atoms with Crippen LogP contribution in [-0.2, 0) is 12.2 Å². The molecule has 0 radical (unpaired) electrons. The molecule has 0 N–H and O–H groups in total. The average Bonchev–Trinajstić information content (AvgIpc) is 3.08. The van der Waals surface area contributed by atoms with Crippen LogP contribution in [0.2, 0.25) is 5.02 Å². The van der Waals surface area contributed by atoms with Crippen LogP contribution in [0.15, 0.2) is 59.4 Å². The number of para-hydroxylation sites is 1. The van der Waals surface area contributed by atoms with E-state index in [0.717, 1.165) is 33.7 Å².